The Kier molecular flexibility index (Phi) is 6.30. The summed E-state index contributed by atoms with van der Waals surface area (Å²) < 4.78 is 5.36. The van der Waals surface area contributed by atoms with Gasteiger partial charge in [-0.05, 0) is 55.5 Å². The molecule has 3 aromatic rings. The van der Waals surface area contributed by atoms with Gasteiger partial charge in [-0.25, -0.2) is 0 Å². The SMILES string of the molecule is COc1ccc2[nH]cc(C3CCN(C(=O)C(C)NC(=O)c4cccc([N+](=O)[O-])c4)CC3)c2c1. The van der Waals surface area contributed by atoms with Crippen LogP contribution in [-0.2, 0) is 4.79 Å². The molecule has 0 bridgehead atoms. The number of piperidine rings is 1. The van der Waals surface area contributed by atoms with Crippen LogP contribution in [0.5, 0.6) is 5.75 Å². The molecule has 1 unspecified atom stereocenters. The number of carbonyl (C=O) groups excluding carboxylic acids is 2. The number of nitro benzene ring substituents is 1. The number of nitro groups is 1. The number of hydrogen-bond acceptors (Lipinski definition) is 5. The van der Waals surface area contributed by atoms with Gasteiger partial charge < -0.3 is 19.9 Å². The van der Waals surface area contributed by atoms with Crippen LogP contribution in [0.1, 0.15) is 41.6 Å². The fourth-order valence-corrected chi connectivity index (χ4v) is 4.37. The average molecular weight is 450 g/mol. The molecule has 1 aliphatic rings. The summed E-state index contributed by atoms with van der Waals surface area (Å²) in [5.41, 5.74) is 2.26. The van der Waals surface area contributed by atoms with E-state index in [2.05, 4.69) is 10.3 Å². The number of hydrogen-bond donors (Lipinski definition) is 2. The number of aromatic nitrogens is 1. The number of aromatic amines is 1. The van der Waals surface area contributed by atoms with E-state index in [9.17, 15) is 19.7 Å². The third-order valence-electron chi connectivity index (χ3n) is 6.20. The number of likely N-dealkylation sites (tertiary alicyclic amines) is 1. The molecule has 2 amide bonds. The second kappa shape index (κ2) is 9.32. The highest BCUT2D eigenvalue weighted by molar-refractivity contribution is 5.98. The van der Waals surface area contributed by atoms with E-state index in [1.165, 1.54) is 29.8 Å². The van der Waals surface area contributed by atoms with E-state index >= 15 is 0 Å². The quantitative estimate of drug-likeness (QED) is 0.439. The number of benzene rings is 2. The minimum absolute atomic E-state index is 0.150. The van der Waals surface area contributed by atoms with Crippen molar-refractivity contribution in [3.63, 3.8) is 0 Å². The van der Waals surface area contributed by atoms with E-state index in [0.717, 1.165) is 29.5 Å². The predicted molar refractivity (Wildman–Crippen MR) is 123 cm³/mol. The topological polar surface area (TPSA) is 118 Å². The predicted octanol–water partition coefficient (Wildman–Crippen LogP) is 3.61. The van der Waals surface area contributed by atoms with E-state index in [-0.39, 0.29) is 17.2 Å². The fraction of sp³-hybridized carbons (Fsp3) is 0.333. The maximum absolute atomic E-state index is 12.9. The minimum Gasteiger partial charge on any atom is -0.497 e. The van der Waals surface area contributed by atoms with Crippen molar-refractivity contribution in [1.29, 1.82) is 0 Å². The zero-order valence-electron chi connectivity index (χ0n) is 18.5. The van der Waals surface area contributed by atoms with Gasteiger partial charge in [0.1, 0.15) is 11.8 Å². The first-order chi connectivity index (χ1) is 15.9. The zero-order valence-corrected chi connectivity index (χ0v) is 18.5. The highest BCUT2D eigenvalue weighted by Crippen LogP contribution is 2.34. The van der Waals surface area contributed by atoms with Crippen molar-refractivity contribution in [2.75, 3.05) is 20.2 Å². The lowest BCUT2D eigenvalue weighted by Gasteiger charge is -2.33. The molecule has 1 aliphatic heterocycles. The molecule has 1 atom stereocenters. The summed E-state index contributed by atoms with van der Waals surface area (Å²) in [5, 5.41) is 14.7. The summed E-state index contributed by atoms with van der Waals surface area (Å²) in [6.07, 6.45) is 3.68. The Morgan fingerprint density at radius 1 is 1.21 bits per heavy atom. The smallest absolute Gasteiger partial charge is 0.270 e. The van der Waals surface area contributed by atoms with Gasteiger partial charge in [0.2, 0.25) is 5.91 Å². The number of fused-ring (bicyclic) bond motifs is 1. The standard InChI is InChI=1S/C24H26N4O5/c1-15(26-23(29)17-4-3-5-18(12-17)28(31)32)24(30)27-10-8-16(9-11-27)21-14-25-22-7-6-19(33-2)13-20(21)22/h3-7,12-16,25H,8-11H2,1-2H3,(H,26,29). The number of H-pyrrole nitrogens is 1. The lowest BCUT2D eigenvalue weighted by molar-refractivity contribution is -0.384. The molecule has 0 spiro atoms. The lowest BCUT2D eigenvalue weighted by atomic mass is 9.89. The van der Waals surface area contributed by atoms with Gasteiger partial charge in [0.15, 0.2) is 0 Å². The molecule has 33 heavy (non-hydrogen) atoms. The molecule has 2 heterocycles. The van der Waals surface area contributed by atoms with Crippen molar-refractivity contribution >= 4 is 28.4 Å². The summed E-state index contributed by atoms with van der Waals surface area (Å²) in [5.74, 6) is 0.462. The highest BCUT2D eigenvalue weighted by atomic mass is 16.6. The normalized spacial score (nSPS) is 15.3. The van der Waals surface area contributed by atoms with Crippen LogP contribution in [-0.4, -0.2) is 52.9 Å². The van der Waals surface area contributed by atoms with Crippen molar-refractivity contribution in [2.45, 2.75) is 31.7 Å². The zero-order chi connectivity index (χ0) is 23.5. The van der Waals surface area contributed by atoms with Crippen LogP contribution < -0.4 is 10.1 Å². The number of carbonyl (C=O) groups is 2. The van der Waals surface area contributed by atoms with Gasteiger partial charge in [-0.1, -0.05) is 6.07 Å². The third-order valence-corrected chi connectivity index (χ3v) is 6.20. The Bertz CT molecular complexity index is 1200. The molecule has 2 aromatic carbocycles. The largest absolute Gasteiger partial charge is 0.497 e. The van der Waals surface area contributed by atoms with Gasteiger partial charge in [-0.15, -0.1) is 0 Å². The molecule has 9 heteroatoms. The molecule has 0 radical (unpaired) electrons. The Balaban J connectivity index is 1.37. The van der Waals surface area contributed by atoms with E-state index in [0.29, 0.717) is 19.0 Å². The number of nitrogens with zero attached hydrogens (tertiary/aromatic N) is 2. The van der Waals surface area contributed by atoms with Crippen LogP contribution in [0.3, 0.4) is 0 Å². The summed E-state index contributed by atoms with van der Waals surface area (Å²) in [6.45, 7) is 2.82. The van der Waals surface area contributed by atoms with Crippen LogP contribution >= 0.6 is 0 Å². The maximum Gasteiger partial charge on any atom is 0.270 e. The third kappa shape index (κ3) is 4.67. The molecule has 0 aliphatic carbocycles. The van der Waals surface area contributed by atoms with E-state index in [1.807, 2.05) is 24.4 Å². The maximum atomic E-state index is 12.9. The number of methoxy groups -OCH3 is 1. The monoisotopic (exact) mass is 450 g/mol. The molecule has 1 saturated heterocycles. The lowest BCUT2D eigenvalue weighted by Crippen LogP contribution is -2.49. The molecule has 0 saturated carbocycles. The number of amides is 2. The van der Waals surface area contributed by atoms with Crippen LogP contribution in [0, 0.1) is 10.1 Å². The van der Waals surface area contributed by atoms with E-state index in [4.69, 9.17) is 4.74 Å². The molecule has 2 N–H and O–H groups in total. The van der Waals surface area contributed by atoms with Crippen molar-refractivity contribution in [3.8, 4) is 5.75 Å². The Morgan fingerprint density at radius 3 is 2.67 bits per heavy atom. The van der Waals surface area contributed by atoms with Gasteiger partial charge in [-0.3, -0.25) is 19.7 Å². The van der Waals surface area contributed by atoms with Crippen molar-refractivity contribution < 1.29 is 19.2 Å². The molecule has 9 nitrogen and oxygen atoms in total. The first-order valence-electron chi connectivity index (χ1n) is 10.9. The van der Waals surface area contributed by atoms with Gasteiger partial charge in [0, 0.05) is 47.9 Å². The first-order valence-corrected chi connectivity index (χ1v) is 10.9. The van der Waals surface area contributed by atoms with Crippen molar-refractivity contribution in [1.82, 2.24) is 15.2 Å². The molecular formula is C24H26N4O5. The molecule has 4 rings (SSSR count). The minimum atomic E-state index is -0.731. The Labute approximate surface area is 190 Å². The summed E-state index contributed by atoms with van der Waals surface area (Å²) >= 11 is 0. The Morgan fingerprint density at radius 2 is 1.97 bits per heavy atom. The van der Waals surface area contributed by atoms with Crippen molar-refractivity contribution in [2.24, 2.45) is 0 Å². The molecular weight excluding hydrogens is 424 g/mol. The summed E-state index contributed by atoms with van der Waals surface area (Å²) in [4.78, 5) is 40.8. The molecule has 172 valence electrons. The Hall–Kier alpha value is -3.88. The second-order valence-electron chi connectivity index (χ2n) is 8.26. The van der Waals surface area contributed by atoms with Gasteiger partial charge >= 0.3 is 0 Å². The summed E-state index contributed by atoms with van der Waals surface area (Å²) in [7, 11) is 1.65. The number of rotatable bonds is 6. The van der Waals surface area contributed by atoms with Gasteiger partial charge in [0.05, 0.1) is 12.0 Å². The number of non-ortho nitro benzene ring substituents is 1. The van der Waals surface area contributed by atoms with Crippen molar-refractivity contribution in [3.05, 3.63) is 69.9 Å². The average Bonchev–Trinajstić information content (AvgIpc) is 3.26. The fourth-order valence-electron chi connectivity index (χ4n) is 4.37. The first kappa shape index (κ1) is 22.3. The molecule has 1 fully saturated rings. The van der Waals surface area contributed by atoms with Crippen LogP contribution in [0.15, 0.2) is 48.7 Å². The van der Waals surface area contributed by atoms with E-state index in [1.54, 1.807) is 18.9 Å². The van der Waals surface area contributed by atoms with Crippen LogP contribution in [0.4, 0.5) is 5.69 Å². The van der Waals surface area contributed by atoms with Crippen LogP contribution in [0.2, 0.25) is 0 Å². The van der Waals surface area contributed by atoms with E-state index < -0.39 is 16.9 Å². The second-order valence-corrected chi connectivity index (χ2v) is 8.26. The van der Waals surface area contributed by atoms with Gasteiger partial charge in [-0.2, -0.15) is 0 Å². The molecule has 1 aromatic heterocycles. The summed E-state index contributed by atoms with van der Waals surface area (Å²) in [6, 6.07) is 10.7. The number of ether oxygens (including phenoxy) is 1. The van der Waals surface area contributed by atoms with Gasteiger partial charge in [0.25, 0.3) is 11.6 Å². The van der Waals surface area contributed by atoms with Crippen LogP contribution in [0.25, 0.3) is 10.9 Å². The number of nitrogens with one attached hydrogen (secondary N) is 2. The highest BCUT2D eigenvalue weighted by Gasteiger charge is 2.29.